The van der Waals surface area contributed by atoms with Gasteiger partial charge in [-0.3, -0.25) is 14.3 Å². The molecule has 0 N–H and O–H groups in total. The number of piperidine rings is 1. The summed E-state index contributed by atoms with van der Waals surface area (Å²) in [4.78, 5) is 53.3. The second-order valence-corrected chi connectivity index (χ2v) is 8.94. The highest BCUT2D eigenvalue weighted by Gasteiger charge is 2.44. The van der Waals surface area contributed by atoms with E-state index in [1.165, 1.54) is 9.47 Å². The standard InChI is InChI=1S/C26H27N3O7/c30-23(12-15-28-20-8-4-5-9-22(20)36-25(28)32)27-13-10-19(11-14-27)29-21(17-35-26(29)33)24(31)34-16-18-6-2-1-3-7-18/h1-9,19,21H,10-17H2. The number of amides is 2. The molecule has 0 aliphatic carbocycles. The van der Waals surface area contributed by atoms with Gasteiger partial charge in [0.05, 0.1) is 5.52 Å². The fraction of sp³-hybridized carbons (Fsp3) is 0.385. The molecule has 10 heteroatoms. The van der Waals surface area contributed by atoms with Gasteiger partial charge in [-0.25, -0.2) is 14.4 Å². The lowest BCUT2D eigenvalue weighted by Gasteiger charge is -2.37. The molecule has 2 fully saturated rings. The van der Waals surface area contributed by atoms with Crippen LogP contribution in [-0.4, -0.2) is 64.1 Å². The zero-order valence-electron chi connectivity index (χ0n) is 19.7. The molecule has 3 heterocycles. The van der Waals surface area contributed by atoms with Gasteiger partial charge in [0, 0.05) is 32.1 Å². The Bertz CT molecular complexity index is 1310. The summed E-state index contributed by atoms with van der Waals surface area (Å²) in [5, 5.41) is 0. The van der Waals surface area contributed by atoms with Crippen LogP contribution in [0.1, 0.15) is 24.8 Å². The summed E-state index contributed by atoms with van der Waals surface area (Å²) in [6.07, 6.45) is 0.678. The molecular weight excluding hydrogens is 466 g/mol. The van der Waals surface area contributed by atoms with Gasteiger partial charge in [0.2, 0.25) is 5.91 Å². The first-order valence-corrected chi connectivity index (χ1v) is 12.0. The molecule has 1 unspecified atom stereocenters. The molecule has 1 aromatic heterocycles. The van der Waals surface area contributed by atoms with Crippen LogP contribution in [0, 0.1) is 0 Å². The number of likely N-dealkylation sites (tertiary alicyclic amines) is 1. The fourth-order valence-corrected chi connectivity index (χ4v) is 4.83. The number of fused-ring (bicyclic) bond motifs is 1. The third kappa shape index (κ3) is 4.84. The largest absolute Gasteiger partial charge is 0.459 e. The van der Waals surface area contributed by atoms with Gasteiger partial charge in [-0.05, 0) is 30.5 Å². The summed E-state index contributed by atoms with van der Waals surface area (Å²) < 4.78 is 17.3. The number of ether oxygens (including phenoxy) is 2. The van der Waals surface area contributed by atoms with E-state index in [-0.39, 0.29) is 38.1 Å². The summed E-state index contributed by atoms with van der Waals surface area (Å²) in [7, 11) is 0. The number of carbonyl (C=O) groups is 3. The highest BCUT2D eigenvalue weighted by atomic mass is 16.6. The van der Waals surface area contributed by atoms with Gasteiger partial charge in [-0.2, -0.15) is 0 Å². The predicted octanol–water partition coefficient (Wildman–Crippen LogP) is 2.54. The molecule has 2 aromatic carbocycles. The van der Waals surface area contributed by atoms with E-state index in [0.29, 0.717) is 37.0 Å². The maximum absolute atomic E-state index is 12.8. The van der Waals surface area contributed by atoms with Crippen LogP contribution < -0.4 is 5.76 Å². The Kier molecular flexibility index (Phi) is 6.75. The molecular formula is C26H27N3O7. The van der Waals surface area contributed by atoms with E-state index in [4.69, 9.17) is 13.9 Å². The summed E-state index contributed by atoms with van der Waals surface area (Å²) in [6, 6.07) is 15.4. The van der Waals surface area contributed by atoms with Crippen LogP contribution in [0.2, 0.25) is 0 Å². The molecule has 2 aliphatic rings. The number of cyclic esters (lactones) is 1. The maximum atomic E-state index is 12.8. The third-order valence-corrected chi connectivity index (χ3v) is 6.74. The molecule has 1 atom stereocenters. The van der Waals surface area contributed by atoms with Crippen molar-refractivity contribution < 1.29 is 28.3 Å². The Labute approximate surface area is 207 Å². The van der Waals surface area contributed by atoms with Gasteiger partial charge in [0.25, 0.3) is 0 Å². The van der Waals surface area contributed by atoms with Crippen molar-refractivity contribution in [3.8, 4) is 0 Å². The van der Waals surface area contributed by atoms with Crippen LogP contribution in [0.15, 0.2) is 63.8 Å². The quantitative estimate of drug-likeness (QED) is 0.465. The number of hydrogen-bond donors (Lipinski definition) is 0. The minimum absolute atomic E-state index is 0.0426. The molecule has 188 valence electrons. The predicted molar refractivity (Wildman–Crippen MR) is 128 cm³/mol. The van der Waals surface area contributed by atoms with E-state index in [1.54, 1.807) is 23.1 Å². The summed E-state index contributed by atoms with van der Waals surface area (Å²) in [5.41, 5.74) is 2.01. The minimum Gasteiger partial charge on any atom is -0.459 e. The van der Waals surface area contributed by atoms with Gasteiger partial charge in [-0.15, -0.1) is 0 Å². The molecule has 2 aliphatic heterocycles. The number of hydrogen-bond acceptors (Lipinski definition) is 7. The molecule has 0 bridgehead atoms. The maximum Gasteiger partial charge on any atom is 0.419 e. The van der Waals surface area contributed by atoms with Crippen molar-refractivity contribution in [3.05, 3.63) is 70.7 Å². The van der Waals surface area contributed by atoms with Gasteiger partial charge in [0.1, 0.15) is 13.2 Å². The highest BCUT2D eigenvalue weighted by Crippen LogP contribution is 2.25. The number of esters is 1. The van der Waals surface area contributed by atoms with E-state index in [1.807, 2.05) is 36.4 Å². The van der Waals surface area contributed by atoms with Crippen LogP contribution in [0.25, 0.3) is 11.1 Å². The number of benzene rings is 2. The second kappa shape index (κ2) is 10.3. The van der Waals surface area contributed by atoms with Crippen molar-refractivity contribution >= 4 is 29.1 Å². The molecule has 2 amide bonds. The Morgan fingerprint density at radius 1 is 0.972 bits per heavy atom. The lowest BCUT2D eigenvalue weighted by Crippen LogP contribution is -2.52. The molecule has 0 saturated carbocycles. The summed E-state index contributed by atoms with van der Waals surface area (Å²) in [6.45, 7) is 1.20. The number of aryl methyl sites for hydroxylation is 1. The highest BCUT2D eigenvalue weighted by molar-refractivity contribution is 5.84. The first kappa shape index (κ1) is 23.7. The number of para-hydroxylation sites is 2. The topological polar surface area (TPSA) is 111 Å². The number of oxazole rings is 1. The van der Waals surface area contributed by atoms with E-state index in [2.05, 4.69) is 0 Å². The molecule has 0 spiro atoms. The van der Waals surface area contributed by atoms with Crippen LogP contribution in [-0.2, 0) is 32.2 Å². The normalized spacial score (nSPS) is 18.4. The molecule has 36 heavy (non-hydrogen) atoms. The SMILES string of the molecule is O=C(OCc1ccccc1)C1COC(=O)N1C1CCN(C(=O)CCn2c(=O)oc3ccccc32)CC1. The van der Waals surface area contributed by atoms with Crippen LogP contribution in [0.3, 0.4) is 0 Å². The number of nitrogens with zero attached hydrogens (tertiary/aromatic N) is 3. The Morgan fingerprint density at radius 2 is 1.69 bits per heavy atom. The average Bonchev–Trinajstić information content (AvgIpc) is 3.45. The first-order chi connectivity index (χ1) is 17.5. The first-order valence-electron chi connectivity index (χ1n) is 12.0. The zero-order valence-corrected chi connectivity index (χ0v) is 19.7. The lowest BCUT2D eigenvalue weighted by molar-refractivity contribution is -0.150. The molecule has 5 rings (SSSR count). The zero-order chi connectivity index (χ0) is 25.1. The van der Waals surface area contributed by atoms with Crippen molar-refractivity contribution in [2.24, 2.45) is 0 Å². The Balaban J connectivity index is 1.14. The van der Waals surface area contributed by atoms with Crippen molar-refractivity contribution in [2.45, 2.75) is 44.5 Å². The third-order valence-electron chi connectivity index (χ3n) is 6.74. The van der Waals surface area contributed by atoms with Gasteiger partial charge in [0.15, 0.2) is 11.6 Å². The van der Waals surface area contributed by atoms with Gasteiger partial charge in [-0.1, -0.05) is 42.5 Å². The number of aromatic nitrogens is 1. The van der Waals surface area contributed by atoms with Crippen molar-refractivity contribution in [1.82, 2.24) is 14.4 Å². The molecule has 2 saturated heterocycles. The lowest BCUT2D eigenvalue weighted by atomic mass is 10.0. The smallest absolute Gasteiger partial charge is 0.419 e. The van der Waals surface area contributed by atoms with Gasteiger partial charge >= 0.3 is 17.8 Å². The monoisotopic (exact) mass is 493 g/mol. The summed E-state index contributed by atoms with van der Waals surface area (Å²) in [5.74, 6) is -1.06. The van der Waals surface area contributed by atoms with E-state index >= 15 is 0 Å². The number of carbonyl (C=O) groups excluding carboxylic acids is 3. The van der Waals surface area contributed by atoms with Crippen LogP contribution >= 0.6 is 0 Å². The van der Waals surface area contributed by atoms with E-state index in [0.717, 1.165) is 5.56 Å². The van der Waals surface area contributed by atoms with Gasteiger partial charge < -0.3 is 18.8 Å². The van der Waals surface area contributed by atoms with Crippen molar-refractivity contribution in [2.75, 3.05) is 19.7 Å². The van der Waals surface area contributed by atoms with Crippen LogP contribution in [0.5, 0.6) is 0 Å². The summed E-state index contributed by atoms with van der Waals surface area (Å²) >= 11 is 0. The molecule has 10 nitrogen and oxygen atoms in total. The van der Waals surface area contributed by atoms with Crippen molar-refractivity contribution in [1.29, 1.82) is 0 Å². The Morgan fingerprint density at radius 3 is 2.47 bits per heavy atom. The second-order valence-electron chi connectivity index (χ2n) is 8.94. The fourth-order valence-electron chi connectivity index (χ4n) is 4.83. The van der Waals surface area contributed by atoms with E-state index in [9.17, 15) is 19.2 Å². The average molecular weight is 494 g/mol. The van der Waals surface area contributed by atoms with Crippen molar-refractivity contribution in [3.63, 3.8) is 0 Å². The molecule has 3 aromatic rings. The Hall–Kier alpha value is -4.08. The van der Waals surface area contributed by atoms with Crippen LogP contribution in [0.4, 0.5) is 4.79 Å². The van der Waals surface area contributed by atoms with E-state index < -0.39 is 23.9 Å². The minimum atomic E-state index is -0.797. The number of rotatable bonds is 7. The molecule has 0 radical (unpaired) electrons.